The number of carbonyl (C=O) groups excluding carboxylic acids is 1. The number of benzene rings is 2. The van der Waals surface area contributed by atoms with Gasteiger partial charge in [0.05, 0.1) is 5.70 Å². The first-order chi connectivity index (χ1) is 11.0. The van der Waals surface area contributed by atoms with Gasteiger partial charge in [0.2, 0.25) is 0 Å². The Morgan fingerprint density at radius 2 is 1.39 bits per heavy atom. The molecular weight excluding hydrogens is 302 g/mol. The molecule has 0 aromatic heterocycles. The van der Waals surface area contributed by atoms with Crippen molar-refractivity contribution in [3.05, 3.63) is 72.4 Å². The van der Waals surface area contributed by atoms with Crippen molar-refractivity contribution in [2.45, 2.75) is 36.5 Å². The van der Waals surface area contributed by atoms with Gasteiger partial charge in [0.15, 0.2) is 5.78 Å². The molecule has 2 aromatic carbocycles. The predicted molar refractivity (Wildman–Crippen MR) is 95.3 cm³/mol. The van der Waals surface area contributed by atoms with Crippen LogP contribution < -0.4 is 0 Å². The van der Waals surface area contributed by atoms with E-state index in [-0.39, 0.29) is 11.2 Å². The first-order valence-electron chi connectivity index (χ1n) is 7.83. The van der Waals surface area contributed by atoms with Gasteiger partial charge >= 0.3 is 0 Å². The van der Waals surface area contributed by atoms with Crippen molar-refractivity contribution >= 4 is 16.5 Å². The van der Waals surface area contributed by atoms with Crippen LogP contribution in [0.25, 0.3) is 0 Å². The van der Waals surface area contributed by atoms with Crippen LogP contribution in [0.4, 0.5) is 0 Å². The molecule has 0 amide bonds. The van der Waals surface area contributed by atoms with E-state index in [1.807, 2.05) is 36.4 Å². The molecule has 3 rings (SSSR count). The number of hydrogen-bond donors (Lipinski definition) is 0. The van der Waals surface area contributed by atoms with Crippen molar-refractivity contribution in [1.82, 2.24) is 0 Å². The van der Waals surface area contributed by atoms with Gasteiger partial charge in [-0.1, -0.05) is 50.2 Å². The number of nitrogens with zero attached hydrogens (tertiary/aromatic N) is 1. The highest BCUT2D eigenvalue weighted by Crippen LogP contribution is 2.35. The zero-order valence-electron chi connectivity index (χ0n) is 13.5. The summed E-state index contributed by atoms with van der Waals surface area (Å²) in [5.74, 6) is 0.185. The molecule has 2 nitrogen and oxygen atoms in total. The van der Waals surface area contributed by atoms with Crippen LogP contribution in [0.5, 0.6) is 0 Å². The van der Waals surface area contributed by atoms with Crippen molar-refractivity contribution in [3.63, 3.8) is 0 Å². The lowest BCUT2D eigenvalue weighted by atomic mass is 9.79. The summed E-state index contributed by atoms with van der Waals surface area (Å²) in [6.45, 7) is 4.27. The highest BCUT2D eigenvalue weighted by Gasteiger charge is 2.27. The fourth-order valence-corrected chi connectivity index (χ4v) is 4.49. The lowest BCUT2D eigenvalue weighted by molar-refractivity contribution is -0.117. The molecule has 0 aliphatic heterocycles. The number of hydrogen-bond acceptors (Lipinski definition) is 2. The van der Waals surface area contributed by atoms with Gasteiger partial charge in [0.25, 0.3) is 0 Å². The van der Waals surface area contributed by atoms with Crippen LogP contribution in [0.1, 0.15) is 26.7 Å². The maximum Gasteiger partial charge on any atom is 0.158 e. The first kappa shape index (κ1) is 15.9. The molecule has 1 aliphatic carbocycles. The first-order valence-corrected chi connectivity index (χ1v) is 9.01. The van der Waals surface area contributed by atoms with Crippen molar-refractivity contribution in [1.29, 1.82) is 0 Å². The normalized spacial score (nSPS) is 17.0. The highest BCUT2D eigenvalue weighted by molar-refractivity contribution is 7.87. The summed E-state index contributed by atoms with van der Waals surface area (Å²) < 4.78 is 4.99. The SMILES string of the molecule is CC1(C)CC(=O)C=C(N=S(c2ccccc2)c2ccccc2)C1. The van der Waals surface area contributed by atoms with Gasteiger partial charge in [-0.15, -0.1) is 0 Å². The van der Waals surface area contributed by atoms with Crippen molar-refractivity contribution < 1.29 is 4.79 Å². The van der Waals surface area contributed by atoms with Crippen LogP contribution in [-0.4, -0.2) is 5.78 Å². The van der Waals surface area contributed by atoms with Gasteiger partial charge in [0, 0.05) is 22.3 Å². The predicted octanol–water partition coefficient (Wildman–Crippen LogP) is 5.18. The Bertz CT molecular complexity index is 719. The molecular formula is C20H21NOS. The molecule has 0 unspecified atom stereocenters. The zero-order chi connectivity index (χ0) is 16.3. The van der Waals surface area contributed by atoms with Crippen molar-refractivity contribution in [2.24, 2.45) is 9.78 Å². The quantitative estimate of drug-likeness (QED) is 0.765. The van der Waals surface area contributed by atoms with E-state index >= 15 is 0 Å². The van der Waals surface area contributed by atoms with Gasteiger partial charge in [-0.3, -0.25) is 4.79 Å². The highest BCUT2D eigenvalue weighted by atomic mass is 32.2. The smallest absolute Gasteiger partial charge is 0.158 e. The van der Waals surface area contributed by atoms with E-state index in [2.05, 4.69) is 38.1 Å². The van der Waals surface area contributed by atoms with Crippen molar-refractivity contribution in [2.75, 3.05) is 0 Å². The van der Waals surface area contributed by atoms with Crippen LogP contribution in [0.15, 0.2) is 86.6 Å². The van der Waals surface area contributed by atoms with Gasteiger partial charge in [-0.05, 0) is 46.8 Å². The lowest BCUT2D eigenvalue weighted by Crippen LogP contribution is -2.21. The summed E-state index contributed by atoms with van der Waals surface area (Å²) in [6.07, 6.45) is 3.19. The molecule has 118 valence electrons. The minimum atomic E-state index is -0.392. The third kappa shape index (κ3) is 4.05. The Morgan fingerprint density at radius 1 is 0.870 bits per heavy atom. The summed E-state index contributed by atoms with van der Waals surface area (Å²) in [5, 5.41) is 0. The molecule has 0 spiro atoms. The number of allylic oxidation sites excluding steroid dienone is 2. The Balaban J connectivity index is 2.07. The lowest BCUT2D eigenvalue weighted by Gasteiger charge is -2.27. The summed E-state index contributed by atoms with van der Waals surface area (Å²) >= 11 is 0. The standard InChI is InChI=1S/C20H21NOS/c1-20(2)14-16(13-17(22)15-20)21-23(18-9-5-3-6-10-18)19-11-7-4-8-12-19/h3-13H,14-15H2,1-2H3. The Hall–Kier alpha value is -2.00. The number of rotatable bonds is 3. The molecule has 0 saturated carbocycles. The molecule has 0 radical (unpaired) electrons. The van der Waals surface area contributed by atoms with E-state index in [1.54, 1.807) is 6.08 Å². The molecule has 2 aromatic rings. The summed E-state index contributed by atoms with van der Waals surface area (Å²) in [5.41, 5.74) is 0.912. The third-order valence-corrected chi connectivity index (χ3v) is 5.64. The molecule has 0 N–H and O–H groups in total. The molecule has 1 aliphatic rings. The Kier molecular flexibility index (Phi) is 4.58. The van der Waals surface area contributed by atoms with E-state index in [0.717, 1.165) is 12.1 Å². The fraction of sp³-hybridized carbons (Fsp3) is 0.250. The maximum atomic E-state index is 12.0. The third-order valence-electron chi connectivity index (χ3n) is 3.78. The van der Waals surface area contributed by atoms with E-state index in [0.29, 0.717) is 6.42 Å². The molecule has 0 atom stereocenters. The number of carbonyl (C=O) groups is 1. The summed E-state index contributed by atoms with van der Waals surface area (Å²) in [7, 11) is -0.392. The molecule has 0 saturated heterocycles. The van der Waals surface area contributed by atoms with Gasteiger partial charge in [-0.2, -0.15) is 0 Å². The average Bonchev–Trinajstić information content (AvgIpc) is 2.52. The molecule has 0 bridgehead atoms. The van der Waals surface area contributed by atoms with Crippen LogP contribution in [-0.2, 0) is 15.5 Å². The molecule has 3 heteroatoms. The van der Waals surface area contributed by atoms with E-state index in [1.165, 1.54) is 9.79 Å². The van der Waals surface area contributed by atoms with Gasteiger partial charge in [-0.25, -0.2) is 4.36 Å². The van der Waals surface area contributed by atoms with Gasteiger partial charge < -0.3 is 0 Å². The molecule has 0 fully saturated rings. The Morgan fingerprint density at radius 3 is 1.87 bits per heavy atom. The van der Waals surface area contributed by atoms with Crippen LogP contribution in [0.3, 0.4) is 0 Å². The number of ketones is 1. The average molecular weight is 323 g/mol. The molecule has 0 heterocycles. The maximum absolute atomic E-state index is 12.0. The zero-order valence-corrected chi connectivity index (χ0v) is 14.3. The monoisotopic (exact) mass is 323 g/mol. The van der Waals surface area contributed by atoms with Crippen LogP contribution >= 0.6 is 0 Å². The van der Waals surface area contributed by atoms with E-state index < -0.39 is 10.7 Å². The second kappa shape index (κ2) is 6.63. The van der Waals surface area contributed by atoms with Crippen molar-refractivity contribution in [3.8, 4) is 0 Å². The minimum absolute atomic E-state index is 0.00687. The second-order valence-corrected chi connectivity index (χ2v) is 8.32. The summed E-state index contributed by atoms with van der Waals surface area (Å²) in [4.78, 5) is 14.4. The van der Waals surface area contributed by atoms with E-state index in [9.17, 15) is 4.79 Å². The largest absolute Gasteiger partial charge is 0.295 e. The second-order valence-electron chi connectivity index (χ2n) is 6.62. The van der Waals surface area contributed by atoms with Crippen LogP contribution in [0.2, 0.25) is 0 Å². The van der Waals surface area contributed by atoms with E-state index in [4.69, 9.17) is 4.36 Å². The van der Waals surface area contributed by atoms with Gasteiger partial charge in [0.1, 0.15) is 0 Å². The summed E-state index contributed by atoms with van der Waals surface area (Å²) in [6, 6.07) is 20.6. The van der Waals surface area contributed by atoms with Crippen LogP contribution in [0, 0.1) is 5.41 Å². The Labute approximate surface area is 140 Å². The molecule has 23 heavy (non-hydrogen) atoms. The topological polar surface area (TPSA) is 29.4 Å². The fourth-order valence-electron chi connectivity index (χ4n) is 2.83. The minimum Gasteiger partial charge on any atom is -0.295 e.